The predicted octanol–water partition coefficient (Wildman–Crippen LogP) is 6.55. The van der Waals surface area contributed by atoms with Gasteiger partial charge in [-0.25, -0.2) is 4.98 Å². The smallest absolute Gasteiger partial charge is 0.274 e. The van der Waals surface area contributed by atoms with Gasteiger partial charge in [-0.15, -0.1) is 0 Å². The molecule has 3 heterocycles. The van der Waals surface area contributed by atoms with Crippen molar-refractivity contribution in [2.24, 2.45) is 13.0 Å². The van der Waals surface area contributed by atoms with Crippen molar-refractivity contribution in [3.8, 4) is 11.1 Å². The first kappa shape index (κ1) is 32.6. The van der Waals surface area contributed by atoms with Gasteiger partial charge in [-0.05, 0) is 84.2 Å². The zero-order valence-electron chi connectivity index (χ0n) is 27.5. The van der Waals surface area contributed by atoms with Gasteiger partial charge in [0.05, 0.1) is 5.56 Å². The van der Waals surface area contributed by atoms with Crippen LogP contribution in [0, 0.1) is 12.8 Å². The minimum atomic E-state index is -0.217. The molecule has 2 aromatic heterocycles. The third kappa shape index (κ3) is 7.37. The molecule has 46 heavy (non-hydrogen) atoms. The number of carbonyl (C=O) groups excluding carboxylic acids is 2. The molecule has 1 fully saturated rings. The molecule has 1 saturated heterocycles. The number of hydrogen-bond acceptors (Lipinski definition) is 6. The van der Waals surface area contributed by atoms with Crippen LogP contribution >= 0.6 is 0 Å². The van der Waals surface area contributed by atoms with Crippen LogP contribution in [-0.2, 0) is 17.2 Å². The average Bonchev–Trinajstić information content (AvgIpc) is 3.04. The molecule has 1 aliphatic rings. The summed E-state index contributed by atoms with van der Waals surface area (Å²) in [5.74, 6) is 0.711. The fourth-order valence-corrected chi connectivity index (χ4v) is 5.80. The summed E-state index contributed by atoms with van der Waals surface area (Å²) in [6, 6.07) is 18.6. The highest BCUT2D eigenvalue weighted by Crippen LogP contribution is 2.30. The first-order valence-electron chi connectivity index (χ1n) is 15.7. The lowest BCUT2D eigenvalue weighted by atomic mass is 9.86. The summed E-state index contributed by atoms with van der Waals surface area (Å²) in [5.41, 5.74) is 5.63. The Balaban J connectivity index is 1.31. The predicted molar refractivity (Wildman–Crippen MR) is 183 cm³/mol. The van der Waals surface area contributed by atoms with Crippen LogP contribution < -0.4 is 16.2 Å². The molecular weight excluding hydrogens is 578 g/mol. The van der Waals surface area contributed by atoms with E-state index in [9.17, 15) is 14.4 Å². The molecule has 2 N–H and O–H groups in total. The van der Waals surface area contributed by atoms with Crippen molar-refractivity contribution in [1.82, 2.24) is 14.5 Å². The number of methoxy groups -OCH3 is 1. The lowest BCUT2D eigenvalue weighted by Crippen LogP contribution is -2.39. The number of likely N-dealkylation sites (tertiary alicyclic amines) is 1. The van der Waals surface area contributed by atoms with Crippen molar-refractivity contribution < 1.29 is 14.3 Å². The third-order valence-electron chi connectivity index (χ3n) is 8.67. The Bertz CT molecular complexity index is 1760. The molecular formula is C37H43N5O4. The molecule has 4 aromatic rings. The third-order valence-corrected chi connectivity index (χ3v) is 8.67. The number of rotatable bonds is 8. The Labute approximate surface area is 270 Å². The number of anilines is 3. The number of carbonyl (C=O) groups is 2. The van der Waals surface area contributed by atoms with E-state index in [2.05, 4.69) is 36.4 Å². The highest BCUT2D eigenvalue weighted by atomic mass is 16.5. The number of hydrogen-bond donors (Lipinski definition) is 2. The summed E-state index contributed by atoms with van der Waals surface area (Å²) >= 11 is 0. The maximum atomic E-state index is 13.1. The SMILES string of the molecule is COCC1CCN(C(=O)c2ccc(Nc3cc(-c4cccc(NC(=O)c5ccc(C(C)(C)C)cc5)c4C)cn(C)c3=O)nc2)CC1. The quantitative estimate of drug-likeness (QED) is 0.231. The first-order chi connectivity index (χ1) is 21.9. The Morgan fingerprint density at radius 2 is 1.67 bits per heavy atom. The highest BCUT2D eigenvalue weighted by Gasteiger charge is 2.24. The molecule has 0 spiro atoms. The average molecular weight is 622 g/mol. The van der Waals surface area contributed by atoms with Crippen LogP contribution in [0.3, 0.4) is 0 Å². The minimum Gasteiger partial charge on any atom is -0.384 e. The van der Waals surface area contributed by atoms with Crippen LogP contribution in [0.5, 0.6) is 0 Å². The first-order valence-corrected chi connectivity index (χ1v) is 15.7. The van der Waals surface area contributed by atoms with Crippen molar-refractivity contribution in [2.75, 3.05) is 37.4 Å². The van der Waals surface area contributed by atoms with E-state index in [-0.39, 0.29) is 22.8 Å². The molecule has 0 unspecified atom stereocenters. The Kier molecular flexibility index (Phi) is 9.72. The number of pyridine rings is 2. The summed E-state index contributed by atoms with van der Waals surface area (Å²) < 4.78 is 6.78. The van der Waals surface area contributed by atoms with Crippen molar-refractivity contribution in [2.45, 2.75) is 46.0 Å². The van der Waals surface area contributed by atoms with Crippen LogP contribution in [0.2, 0.25) is 0 Å². The zero-order valence-corrected chi connectivity index (χ0v) is 27.5. The molecule has 0 saturated carbocycles. The summed E-state index contributed by atoms with van der Waals surface area (Å²) in [6.45, 7) is 10.5. The van der Waals surface area contributed by atoms with Gasteiger partial charge in [-0.2, -0.15) is 0 Å². The number of aryl methyl sites for hydroxylation is 1. The summed E-state index contributed by atoms with van der Waals surface area (Å²) in [4.78, 5) is 45.6. The topological polar surface area (TPSA) is 106 Å². The lowest BCUT2D eigenvalue weighted by molar-refractivity contribution is 0.0613. The normalized spacial score (nSPS) is 13.8. The fraction of sp³-hybridized carbons (Fsp3) is 0.351. The molecule has 0 atom stereocenters. The molecule has 5 rings (SSSR count). The van der Waals surface area contributed by atoms with Crippen molar-refractivity contribution in [3.63, 3.8) is 0 Å². The number of benzene rings is 2. The molecule has 240 valence electrons. The minimum absolute atomic E-state index is 0.00393. The molecule has 9 nitrogen and oxygen atoms in total. The Morgan fingerprint density at radius 3 is 2.30 bits per heavy atom. The van der Waals surface area contributed by atoms with E-state index >= 15 is 0 Å². The maximum Gasteiger partial charge on any atom is 0.274 e. The van der Waals surface area contributed by atoms with Gasteiger partial charge in [-0.1, -0.05) is 45.0 Å². The van der Waals surface area contributed by atoms with E-state index in [1.54, 1.807) is 44.8 Å². The number of amides is 2. The second kappa shape index (κ2) is 13.7. The van der Waals surface area contributed by atoms with E-state index in [1.165, 1.54) is 4.57 Å². The highest BCUT2D eigenvalue weighted by molar-refractivity contribution is 6.05. The van der Waals surface area contributed by atoms with E-state index in [1.807, 2.05) is 54.3 Å². The van der Waals surface area contributed by atoms with Crippen molar-refractivity contribution >= 4 is 29.0 Å². The van der Waals surface area contributed by atoms with E-state index in [0.717, 1.165) is 41.7 Å². The largest absolute Gasteiger partial charge is 0.384 e. The number of nitrogens with one attached hydrogen (secondary N) is 2. The Morgan fingerprint density at radius 1 is 0.978 bits per heavy atom. The molecule has 0 radical (unpaired) electrons. The molecule has 2 aromatic carbocycles. The van der Waals surface area contributed by atoms with E-state index in [4.69, 9.17) is 4.74 Å². The van der Waals surface area contributed by atoms with Crippen molar-refractivity contribution in [3.05, 3.63) is 106 Å². The van der Waals surface area contributed by atoms with Gasteiger partial charge < -0.3 is 24.8 Å². The van der Waals surface area contributed by atoms with Gasteiger partial charge >= 0.3 is 0 Å². The monoisotopic (exact) mass is 621 g/mol. The molecule has 0 aliphatic carbocycles. The van der Waals surface area contributed by atoms with Gasteiger partial charge in [0.2, 0.25) is 0 Å². The van der Waals surface area contributed by atoms with Gasteiger partial charge in [0, 0.05) is 63.1 Å². The standard InChI is InChI=1S/C37H43N5O4/c1-24-30(8-7-9-31(24)40-34(43)26-10-13-29(14-11-26)37(2,3)4)28-20-32(36(45)41(5)22-28)39-33-15-12-27(21-38-33)35(44)42-18-16-25(17-19-42)23-46-6/h7-15,20-22,25H,16-19,23H2,1-6H3,(H,38,39)(H,40,43). The van der Waals surface area contributed by atoms with Crippen LogP contribution in [-0.4, -0.2) is 53.1 Å². The summed E-state index contributed by atoms with van der Waals surface area (Å²) in [5, 5.41) is 6.19. The zero-order chi connectivity index (χ0) is 33.0. The summed E-state index contributed by atoms with van der Waals surface area (Å²) in [7, 11) is 3.41. The Hall–Kier alpha value is -4.76. The fourth-order valence-electron chi connectivity index (χ4n) is 5.80. The van der Waals surface area contributed by atoms with E-state index in [0.29, 0.717) is 47.3 Å². The van der Waals surface area contributed by atoms with Gasteiger partial charge in [-0.3, -0.25) is 14.4 Å². The second-order valence-corrected chi connectivity index (χ2v) is 13.1. The van der Waals surface area contributed by atoms with Crippen LogP contribution in [0.15, 0.2) is 77.9 Å². The van der Waals surface area contributed by atoms with Gasteiger partial charge in [0.1, 0.15) is 11.5 Å². The van der Waals surface area contributed by atoms with Crippen LogP contribution in [0.25, 0.3) is 11.1 Å². The maximum absolute atomic E-state index is 13.1. The molecule has 9 heteroatoms. The number of aromatic nitrogens is 2. The van der Waals surface area contributed by atoms with Crippen molar-refractivity contribution in [1.29, 1.82) is 0 Å². The number of ether oxygens (including phenoxy) is 1. The number of nitrogens with zero attached hydrogens (tertiary/aromatic N) is 3. The summed E-state index contributed by atoms with van der Waals surface area (Å²) in [6.07, 6.45) is 5.17. The number of piperidine rings is 1. The van der Waals surface area contributed by atoms with Crippen LogP contribution in [0.1, 0.15) is 65.5 Å². The van der Waals surface area contributed by atoms with E-state index < -0.39 is 0 Å². The molecule has 0 bridgehead atoms. The van der Waals surface area contributed by atoms with Gasteiger partial charge in [0.15, 0.2) is 0 Å². The molecule has 1 aliphatic heterocycles. The molecule has 2 amide bonds. The van der Waals surface area contributed by atoms with Gasteiger partial charge in [0.25, 0.3) is 17.4 Å². The second-order valence-electron chi connectivity index (χ2n) is 13.1. The lowest BCUT2D eigenvalue weighted by Gasteiger charge is -2.31. The van der Waals surface area contributed by atoms with Crippen LogP contribution in [0.4, 0.5) is 17.2 Å².